The minimum atomic E-state index is -1.30. The zero-order chi connectivity index (χ0) is 39.8. The monoisotopic (exact) mass is 804 g/mol. The van der Waals surface area contributed by atoms with Gasteiger partial charge in [-0.25, -0.2) is 13.6 Å². The van der Waals surface area contributed by atoms with Gasteiger partial charge in [-0.05, 0) is 99.4 Å². The molecule has 1 aliphatic heterocycles. The summed E-state index contributed by atoms with van der Waals surface area (Å²) in [6.07, 6.45) is 2.15. The van der Waals surface area contributed by atoms with E-state index in [0.29, 0.717) is 27.8 Å². The lowest BCUT2D eigenvalue weighted by atomic mass is 10.0. The quantitative estimate of drug-likeness (QED) is 0.0796. The Balaban J connectivity index is 1.23. The second kappa shape index (κ2) is 18.7. The molecule has 1 aromatic heterocycles. The van der Waals surface area contributed by atoms with Gasteiger partial charge in [-0.1, -0.05) is 65.7 Å². The van der Waals surface area contributed by atoms with E-state index < -0.39 is 41.6 Å². The molecule has 0 aliphatic carbocycles. The zero-order valence-electron chi connectivity index (χ0n) is 30.8. The van der Waals surface area contributed by atoms with Crippen LogP contribution in [-0.4, -0.2) is 64.2 Å². The maximum Gasteiger partial charge on any atom is 0.319 e. The first-order chi connectivity index (χ1) is 27.0. The van der Waals surface area contributed by atoms with Crippen LogP contribution in [0.2, 0.25) is 10.0 Å². The summed E-state index contributed by atoms with van der Waals surface area (Å²) in [5.74, 6) is -3.35. The van der Waals surface area contributed by atoms with Crippen molar-refractivity contribution in [2.24, 2.45) is 5.73 Å². The number of likely N-dealkylation sites (tertiary alicyclic amines) is 1. The van der Waals surface area contributed by atoms with Crippen molar-refractivity contribution in [1.29, 1.82) is 0 Å². The number of amides is 4. The van der Waals surface area contributed by atoms with E-state index in [-0.39, 0.29) is 37.5 Å². The van der Waals surface area contributed by atoms with Gasteiger partial charge in [0.05, 0.1) is 23.8 Å². The molecule has 6 N–H and O–H groups in total. The van der Waals surface area contributed by atoms with Gasteiger partial charge in [-0.2, -0.15) is 5.10 Å². The maximum atomic E-state index is 14.2. The second-order valence-corrected chi connectivity index (χ2v) is 14.7. The van der Waals surface area contributed by atoms with Crippen LogP contribution in [0.4, 0.5) is 19.3 Å². The Bertz CT molecular complexity index is 2160. The van der Waals surface area contributed by atoms with E-state index in [1.165, 1.54) is 6.07 Å². The van der Waals surface area contributed by atoms with Crippen LogP contribution in [0, 0.1) is 11.6 Å². The standard InChI is InChI=1S/C41H44Cl2F2N8O3/c1-25(27-8-3-2-4-9-27)47-39(54)35(16-17-46)49-40(55)36(21-26-12-15-33(44)34(45)20-26)50-41(56)48-28-13-14-29-37(24-52-18-5-6-19-52)51-53(38(29)22-28)23-30-31(42)10-7-11-32(30)43/h2-4,7-15,20,22,25,35-36H,5-6,16-19,21,23-24,46H2,1H3,(H,47,54)(H,49,55)(H2,48,50,56)/t25-,35-,36-/m0/s1. The van der Waals surface area contributed by atoms with Gasteiger partial charge in [0, 0.05) is 39.6 Å². The molecule has 6 rings (SSSR count). The van der Waals surface area contributed by atoms with Gasteiger partial charge in [0.2, 0.25) is 11.8 Å². The van der Waals surface area contributed by atoms with Gasteiger partial charge in [-0.3, -0.25) is 19.2 Å². The third-order valence-electron chi connectivity index (χ3n) is 9.82. The predicted molar refractivity (Wildman–Crippen MR) is 214 cm³/mol. The number of nitrogens with two attached hydrogens (primary N) is 1. The number of carbonyl (C=O) groups is 3. The first-order valence-electron chi connectivity index (χ1n) is 18.5. The molecule has 0 unspecified atom stereocenters. The molecular weight excluding hydrogens is 761 g/mol. The van der Waals surface area contributed by atoms with Crippen molar-refractivity contribution < 1.29 is 23.2 Å². The molecular formula is C41H44Cl2F2N8O3. The van der Waals surface area contributed by atoms with Crippen LogP contribution in [0.5, 0.6) is 0 Å². The van der Waals surface area contributed by atoms with Crippen LogP contribution in [0.3, 0.4) is 0 Å². The molecule has 11 nitrogen and oxygen atoms in total. The van der Waals surface area contributed by atoms with Crippen molar-refractivity contribution >= 4 is 57.6 Å². The third-order valence-corrected chi connectivity index (χ3v) is 10.5. The normalized spacial score (nSPS) is 14.6. The summed E-state index contributed by atoms with van der Waals surface area (Å²) in [6, 6.07) is 19.8. The Kier molecular flexibility index (Phi) is 13.6. The number of urea groups is 1. The molecule has 0 spiro atoms. The Labute approximate surface area is 333 Å². The van der Waals surface area contributed by atoms with Crippen LogP contribution in [-0.2, 0) is 29.1 Å². The Morgan fingerprint density at radius 2 is 1.54 bits per heavy atom. The average molecular weight is 806 g/mol. The smallest absolute Gasteiger partial charge is 0.319 e. The van der Waals surface area contributed by atoms with E-state index in [1.807, 2.05) is 43.3 Å². The Morgan fingerprint density at radius 1 is 0.821 bits per heavy atom. The third kappa shape index (κ3) is 10.2. The lowest BCUT2D eigenvalue weighted by Crippen LogP contribution is -2.55. The van der Waals surface area contributed by atoms with E-state index in [4.69, 9.17) is 34.0 Å². The van der Waals surface area contributed by atoms with E-state index in [9.17, 15) is 23.2 Å². The van der Waals surface area contributed by atoms with Gasteiger partial charge < -0.3 is 27.0 Å². The van der Waals surface area contributed by atoms with Crippen molar-refractivity contribution in [2.45, 2.75) is 63.8 Å². The molecule has 2 heterocycles. The van der Waals surface area contributed by atoms with Gasteiger partial charge in [0.1, 0.15) is 12.1 Å². The molecule has 0 bridgehead atoms. The number of carbonyl (C=O) groups excluding carboxylic acids is 3. The maximum absolute atomic E-state index is 14.2. The molecule has 0 saturated carbocycles. The summed E-state index contributed by atoms with van der Waals surface area (Å²) in [5, 5.41) is 17.9. The molecule has 1 saturated heterocycles. The van der Waals surface area contributed by atoms with Crippen molar-refractivity contribution in [2.75, 3.05) is 25.0 Å². The van der Waals surface area contributed by atoms with Crippen LogP contribution in [0.25, 0.3) is 10.9 Å². The largest absolute Gasteiger partial charge is 0.348 e. The van der Waals surface area contributed by atoms with E-state index in [2.05, 4.69) is 26.2 Å². The number of aromatic nitrogens is 2. The lowest BCUT2D eigenvalue weighted by Gasteiger charge is -2.24. The van der Waals surface area contributed by atoms with Crippen LogP contribution in [0.1, 0.15) is 54.6 Å². The van der Waals surface area contributed by atoms with Crippen molar-refractivity contribution in [3.63, 3.8) is 0 Å². The minimum absolute atomic E-state index is 0.0847. The molecule has 0 radical (unpaired) electrons. The SMILES string of the molecule is C[C@H](NC(=O)[C@H](CCN)NC(=O)[C@H](Cc1ccc(F)c(F)c1)NC(=O)Nc1ccc2c(CN3CCCC3)nn(Cc3c(Cl)cccc3Cl)c2c1)c1ccccc1. The number of rotatable bonds is 15. The molecule has 294 valence electrons. The highest BCUT2D eigenvalue weighted by molar-refractivity contribution is 6.36. The number of nitrogens with zero attached hydrogens (tertiary/aromatic N) is 3. The van der Waals surface area contributed by atoms with Crippen molar-refractivity contribution in [3.05, 3.63) is 129 Å². The van der Waals surface area contributed by atoms with Gasteiger partial charge >= 0.3 is 6.03 Å². The molecule has 4 amide bonds. The zero-order valence-corrected chi connectivity index (χ0v) is 32.3. The fraction of sp³-hybridized carbons (Fsp3) is 0.317. The van der Waals surface area contributed by atoms with E-state index in [1.54, 1.807) is 35.0 Å². The highest BCUT2D eigenvalue weighted by Crippen LogP contribution is 2.30. The minimum Gasteiger partial charge on any atom is -0.348 e. The highest BCUT2D eigenvalue weighted by atomic mass is 35.5. The molecule has 3 atom stereocenters. The first-order valence-corrected chi connectivity index (χ1v) is 19.3. The van der Waals surface area contributed by atoms with Gasteiger partial charge in [0.25, 0.3) is 0 Å². The molecule has 4 aromatic carbocycles. The highest BCUT2D eigenvalue weighted by Gasteiger charge is 2.28. The molecule has 5 aromatic rings. The summed E-state index contributed by atoms with van der Waals surface area (Å²) >= 11 is 13.1. The molecule has 1 aliphatic rings. The summed E-state index contributed by atoms with van der Waals surface area (Å²) in [6.45, 7) is 4.80. The van der Waals surface area contributed by atoms with Crippen LogP contribution >= 0.6 is 23.2 Å². The summed E-state index contributed by atoms with van der Waals surface area (Å²) < 4.78 is 29.9. The summed E-state index contributed by atoms with van der Waals surface area (Å²) in [4.78, 5) is 43.2. The van der Waals surface area contributed by atoms with E-state index >= 15 is 0 Å². The summed E-state index contributed by atoms with van der Waals surface area (Å²) in [5.41, 5.74) is 9.63. The van der Waals surface area contributed by atoms with Crippen molar-refractivity contribution in [3.8, 4) is 0 Å². The molecule has 15 heteroatoms. The summed E-state index contributed by atoms with van der Waals surface area (Å²) in [7, 11) is 0. The number of fused-ring (bicyclic) bond motifs is 1. The first kappa shape index (κ1) is 40.6. The Morgan fingerprint density at radius 3 is 2.23 bits per heavy atom. The average Bonchev–Trinajstić information content (AvgIpc) is 3.82. The molecule has 56 heavy (non-hydrogen) atoms. The van der Waals surface area contributed by atoms with Gasteiger partial charge in [0.15, 0.2) is 11.6 Å². The second-order valence-electron chi connectivity index (χ2n) is 13.9. The fourth-order valence-electron chi connectivity index (χ4n) is 6.83. The predicted octanol–water partition coefficient (Wildman–Crippen LogP) is 6.71. The molecule has 1 fully saturated rings. The van der Waals surface area contributed by atoms with Crippen molar-refractivity contribution in [1.82, 2.24) is 30.6 Å². The van der Waals surface area contributed by atoms with E-state index in [0.717, 1.165) is 60.2 Å². The fourth-order valence-corrected chi connectivity index (χ4v) is 7.34. The lowest BCUT2D eigenvalue weighted by molar-refractivity contribution is -0.130. The number of hydrogen-bond donors (Lipinski definition) is 5. The number of anilines is 1. The number of nitrogens with one attached hydrogen (secondary N) is 4. The number of halogens is 4. The van der Waals surface area contributed by atoms with Crippen LogP contribution < -0.4 is 27.0 Å². The number of hydrogen-bond acceptors (Lipinski definition) is 6. The van der Waals surface area contributed by atoms with Crippen LogP contribution in [0.15, 0.2) is 84.9 Å². The Hall–Kier alpha value is -5.08. The number of benzene rings is 4. The topological polar surface area (TPSA) is 146 Å². The van der Waals surface area contributed by atoms with Gasteiger partial charge in [-0.15, -0.1) is 0 Å².